The van der Waals surface area contributed by atoms with Crippen LogP contribution in [0.5, 0.6) is 0 Å². The highest BCUT2D eigenvalue weighted by atomic mass is 32.2. The molecule has 3 N–H and O–H groups in total. The van der Waals surface area contributed by atoms with Gasteiger partial charge in [-0.1, -0.05) is 12.1 Å². The summed E-state index contributed by atoms with van der Waals surface area (Å²) < 4.78 is 12.9. The summed E-state index contributed by atoms with van der Waals surface area (Å²) in [5.41, 5.74) is 1.71. The second kappa shape index (κ2) is 11.2. The van der Waals surface area contributed by atoms with Crippen molar-refractivity contribution in [1.82, 2.24) is 16.0 Å². The van der Waals surface area contributed by atoms with Crippen LogP contribution in [0.3, 0.4) is 0 Å². The van der Waals surface area contributed by atoms with Gasteiger partial charge in [0.2, 0.25) is 0 Å². The van der Waals surface area contributed by atoms with Crippen molar-refractivity contribution in [3.05, 3.63) is 65.5 Å². The summed E-state index contributed by atoms with van der Waals surface area (Å²) in [4.78, 5) is 16.8. The van der Waals surface area contributed by atoms with E-state index in [0.29, 0.717) is 12.1 Å². The average molecular weight is 389 g/mol. The minimum absolute atomic E-state index is 0.0921. The molecule has 5 nitrogen and oxygen atoms in total. The smallest absolute Gasteiger partial charge is 0.251 e. The lowest BCUT2D eigenvalue weighted by molar-refractivity contribution is 0.0963. The first-order chi connectivity index (χ1) is 13.1. The lowest BCUT2D eigenvalue weighted by Crippen LogP contribution is -2.37. The molecule has 0 aliphatic carbocycles. The average Bonchev–Trinajstić information content (AvgIpc) is 2.71. The molecule has 0 spiro atoms. The highest BCUT2D eigenvalue weighted by Gasteiger charge is 2.03. The molecule has 1 amide bonds. The van der Waals surface area contributed by atoms with E-state index in [1.165, 1.54) is 12.1 Å². The number of rotatable bonds is 8. The van der Waals surface area contributed by atoms with Gasteiger partial charge in [-0.05, 0) is 54.1 Å². The Labute approximate surface area is 163 Å². The minimum Gasteiger partial charge on any atom is -0.356 e. The van der Waals surface area contributed by atoms with E-state index in [1.54, 1.807) is 50.1 Å². The Morgan fingerprint density at radius 2 is 1.78 bits per heavy atom. The van der Waals surface area contributed by atoms with Crippen LogP contribution in [-0.4, -0.2) is 38.3 Å². The summed E-state index contributed by atoms with van der Waals surface area (Å²) >= 11 is 1.70. The van der Waals surface area contributed by atoms with Crippen molar-refractivity contribution < 1.29 is 9.18 Å². The SMILES string of the molecule is CN=C(NCCCSc1ccc(F)cc1)NCc1ccc(C(=O)NC)cc1. The molecule has 0 saturated carbocycles. The fraction of sp³-hybridized carbons (Fsp3) is 0.300. The van der Waals surface area contributed by atoms with Gasteiger partial charge in [0.05, 0.1) is 0 Å². The number of carbonyl (C=O) groups excluding carboxylic acids is 1. The molecular formula is C20H25FN4OS. The van der Waals surface area contributed by atoms with Crippen LogP contribution in [0.15, 0.2) is 58.4 Å². The highest BCUT2D eigenvalue weighted by Crippen LogP contribution is 2.18. The Hall–Kier alpha value is -2.54. The second-order valence-corrected chi connectivity index (χ2v) is 6.95. The van der Waals surface area contributed by atoms with E-state index in [9.17, 15) is 9.18 Å². The summed E-state index contributed by atoms with van der Waals surface area (Å²) in [5, 5.41) is 9.13. The zero-order valence-electron chi connectivity index (χ0n) is 15.6. The number of hydrogen-bond donors (Lipinski definition) is 3. The van der Waals surface area contributed by atoms with E-state index in [4.69, 9.17) is 0 Å². The molecular weight excluding hydrogens is 363 g/mol. The number of thioether (sulfide) groups is 1. The van der Waals surface area contributed by atoms with Gasteiger partial charge in [-0.25, -0.2) is 4.39 Å². The van der Waals surface area contributed by atoms with Gasteiger partial charge in [-0.15, -0.1) is 11.8 Å². The van der Waals surface area contributed by atoms with Crippen molar-refractivity contribution in [2.45, 2.75) is 17.9 Å². The van der Waals surface area contributed by atoms with Gasteiger partial charge in [0.15, 0.2) is 5.96 Å². The molecule has 0 bridgehead atoms. The third kappa shape index (κ3) is 7.30. The predicted octanol–water partition coefficient (Wildman–Crippen LogP) is 3.03. The number of nitrogens with zero attached hydrogens (tertiary/aromatic N) is 1. The van der Waals surface area contributed by atoms with Crippen molar-refractivity contribution >= 4 is 23.6 Å². The van der Waals surface area contributed by atoms with Crippen LogP contribution < -0.4 is 16.0 Å². The van der Waals surface area contributed by atoms with Crippen molar-refractivity contribution in [3.8, 4) is 0 Å². The van der Waals surface area contributed by atoms with Crippen molar-refractivity contribution in [1.29, 1.82) is 0 Å². The zero-order valence-corrected chi connectivity index (χ0v) is 16.4. The Balaban J connectivity index is 1.66. The molecule has 0 heterocycles. The van der Waals surface area contributed by atoms with Crippen LogP contribution in [0.25, 0.3) is 0 Å². The number of amides is 1. The molecule has 2 aromatic carbocycles. The van der Waals surface area contributed by atoms with Crippen LogP contribution in [0.4, 0.5) is 4.39 Å². The number of guanidine groups is 1. The maximum atomic E-state index is 12.9. The quantitative estimate of drug-likeness (QED) is 0.281. The molecule has 0 aromatic heterocycles. The fourth-order valence-corrected chi connectivity index (χ4v) is 3.18. The van der Waals surface area contributed by atoms with Crippen LogP contribution >= 0.6 is 11.8 Å². The van der Waals surface area contributed by atoms with Gasteiger partial charge in [-0.2, -0.15) is 0 Å². The van der Waals surface area contributed by atoms with E-state index >= 15 is 0 Å². The largest absolute Gasteiger partial charge is 0.356 e. The number of carbonyl (C=O) groups is 1. The minimum atomic E-state index is -0.209. The highest BCUT2D eigenvalue weighted by molar-refractivity contribution is 7.99. The first-order valence-corrected chi connectivity index (χ1v) is 9.75. The second-order valence-electron chi connectivity index (χ2n) is 5.78. The Kier molecular flexibility index (Phi) is 8.64. The van der Waals surface area contributed by atoms with E-state index in [1.807, 2.05) is 12.1 Å². The first kappa shape index (κ1) is 20.8. The van der Waals surface area contributed by atoms with Crippen LogP contribution in [0.1, 0.15) is 22.3 Å². The number of aliphatic imine (C=N–C) groups is 1. The number of halogens is 1. The fourth-order valence-electron chi connectivity index (χ4n) is 2.32. The normalized spacial score (nSPS) is 11.1. The third-order valence-corrected chi connectivity index (χ3v) is 4.92. The number of nitrogens with one attached hydrogen (secondary N) is 3. The molecule has 7 heteroatoms. The lowest BCUT2D eigenvalue weighted by atomic mass is 10.1. The van der Waals surface area contributed by atoms with E-state index < -0.39 is 0 Å². The zero-order chi connectivity index (χ0) is 19.5. The molecule has 2 aromatic rings. The van der Waals surface area contributed by atoms with E-state index in [2.05, 4.69) is 20.9 Å². The molecule has 0 radical (unpaired) electrons. The number of benzene rings is 2. The van der Waals surface area contributed by atoms with Gasteiger partial charge in [0, 0.05) is 37.6 Å². The van der Waals surface area contributed by atoms with Gasteiger partial charge < -0.3 is 16.0 Å². The molecule has 0 aliphatic heterocycles. The standard InChI is InChI=1S/C20H25FN4OS/c1-22-19(26)16-6-4-15(5-7-16)14-25-20(23-2)24-12-3-13-27-18-10-8-17(21)9-11-18/h4-11H,3,12-14H2,1-2H3,(H,22,26)(H2,23,24,25). The molecule has 144 valence electrons. The molecule has 0 saturated heterocycles. The molecule has 0 unspecified atom stereocenters. The van der Waals surface area contributed by atoms with E-state index in [-0.39, 0.29) is 11.7 Å². The van der Waals surface area contributed by atoms with Crippen LogP contribution in [0.2, 0.25) is 0 Å². The Bertz CT molecular complexity index is 748. The van der Waals surface area contributed by atoms with Crippen molar-refractivity contribution in [2.24, 2.45) is 4.99 Å². The molecule has 0 fully saturated rings. The van der Waals surface area contributed by atoms with Gasteiger partial charge in [0.1, 0.15) is 5.82 Å². The van der Waals surface area contributed by atoms with Gasteiger partial charge in [0.25, 0.3) is 5.91 Å². The summed E-state index contributed by atoms with van der Waals surface area (Å²) in [6, 6.07) is 14.0. The third-order valence-electron chi connectivity index (χ3n) is 3.82. The van der Waals surface area contributed by atoms with Gasteiger partial charge in [-0.3, -0.25) is 9.79 Å². The lowest BCUT2D eigenvalue weighted by Gasteiger charge is -2.12. The summed E-state index contributed by atoms with van der Waals surface area (Å²) in [5.74, 6) is 1.37. The maximum absolute atomic E-state index is 12.9. The maximum Gasteiger partial charge on any atom is 0.251 e. The Morgan fingerprint density at radius 1 is 1.07 bits per heavy atom. The summed E-state index contributed by atoms with van der Waals surface area (Å²) in [6.45, 7) is 1.42. The summed E-state index contributed by atoms with van der Waals surface area (Å²) in [6.07, 6.45) is 0.962. The van der Waals surface area contributed by atoms with E-state index in [0.717, 1.165) is 35.1 Å². The van der Waals surface area contributed by atoms with Gasteiger partial charge >= 0.3 is 0 Å². The first-order valence-electron chi connectivity index (χ1n) is 8.76. The van der Waals surface area contributed by atoms with Crippen LogP contribution in [-0.2, 0) is 6.54 Å². The topological polar surface area (TPSA) is 65.5 Å². The van der Waals surface area contributed by atoms with Crippen molar-refractivity contribution in [2.75, 3.05) is 26.4 Å². The monoisotopic (exact) mass is 388 g/mol. The molecule has 27 heavy (non-hydrogen) atoms. The summed E-state index contributed by atoms with van der Waals surface area (Å²) in [7, 11) is 3.35. The molecule has 0 atom stereocenters. The molecule has 2 rings (SSSR count). The number of hydrogen-bond acceptors (Lipinski definition) is 3. The van der Waals surface area contributed by atoms with Crippen LogP contribution in [0, 0.1) is 5.82 Å². The van der Waals surface area contributed by atoms with Crippen molar-refractivity contribution in [3.63, 3.8) is 0 Å². The predicted molar refractivity (Wildman–Crippen MR) is 110 cm³/mol. The molecule has 0 aliphatic rings. The Morgan fingerprint density at radius 3 is 2.41 bits per heavy atom.